The van der Waals surface area contributed by atoms with E-state index < -0.39 is 5.41 Å². The van der Waals surface area contributed by atoms with E-state index in [1.54, 1.807) is 0 Å². The zero-order chi connectivity index (χ0) is 15.0. The Morgan fingerprint density at radius 1 is 0.810 bits per heavy atom. The van der Waals surface area contributed by atoms with Gasteiger partial charge in [-0.2, -0.15) is 0 Å². The molecular formula is C19H30O2. The average Bonchev–Trinajstić information content (AvgIpc) is 2.77. The summed E-state index contributed by atoms with van der Waals surface area (Å²) in [6, 6.07) is 0. The Hall–Kier alpha value is -0.660. The summed E-state index contributed by atoms with van der Waals surface area (Å²) < 4.78 is 0. The summed E-state index contributed by atoms with van der Waals surface area (Å²) >= 11 is 0. The number of Topliss-reactive ketones (excluding diaryl/α,β-unsaturated/α-hetero) is 2. The fraction of sp³-hybridized carbons (Fsp3) is 0.895. The van der Waals surface area contributed by atoms with Gasteiger partial charge in [0.25, 0.3) is 0 Å². The van der Waals surface area contributed by atoms with Gasteiger partial charge in [-0.3, -0.25) is 9.59 Å². The highest BCUT2D eigenvalue weighted by atomic mass is 16.2. The van der Waals surface area contributed by atoms with E-state index in [0.717, 1.165) is 49.4 Å². The van der Waals surface area contributed by atoms with E-state index in [1.807, 2.05) is 0 Å². The van der Waals surface area contributed by atoms with Gasteiger partial charge in [-0.15, -0.1) is 0 Å². The molecule has 0 aliphatic heterocycles. The summed E-state index contributed by atoms with van der Waals surface area (Å²) in [6.07, 6.45) is 10.5. The van der Waals surface area contributed by atoms with Crippen molar-refractivity contribution in [1.29, 1.82) is 0 Å². The molecule has 3 fully saturated rings. The highest BCUT2D eigenvalue weighted by Gasteiger charge is 2.51. The topological polar surface area (TPSA) is 34.1 Å². The van der Waals surface area contributed by atoms with Gasteiger partial charge in [0.2, 0.25) is 0 Å². The SMILES string of the molecule is CC(C)[C@H]1CC[C@H](C2CCC3(CC2)C(=O)CCC3=O)CC1. The maximum absolute atomic E-state index is 12.1. The van der Waals surface area contributed by atoms with Gasteiger partial charge in [-0.25, -0.2) is 0 Å². The molecule has 3 saturated carbocycles. The van der Waals surface area contributed by atoms with Gasteiger partial charge in [-0.1, -0.05) is 13.8 Å². The lowest BCUT2D eigenvalue weighted by Crippen LogP contribution is -2.39. The number of carbonyl (C=O) groups is 2. The van der Waals surface area contributed by atoms with Crippen LogP contribution in [-0.2, 0) is 9.59 Å². The van der Waals surface area contributed by atoms with Crippen LogP contribution in [0.3, 0.4) is 0 Å². The molecule has 0 bridgehead atoms. The van der Waals surface area contributed by atoms with Gasteiger partial charge in [0.05, 0.1) is 5.41 Å². The predicted molar refractivity (Wildman–Crippen MR) is 83.9 cm³/mol. The second-order valence-electron chi connectivity index (χ2n) is 8.18. The van der Waals surface area contributed by atoms with Crippen LogP contribution in [0.5, 0.6) is 0 Å². The second kappa shape index (κ2) is 5.85. The van der Waals surface area contributed by atoms with Crippen LogP contribution in [0.25, 0.3) is 0 Å². The molecule has 0 atom stereocenters. The molecule has 3 aliphatic rings. The summed E-state index contributed by atoms with van der Waals surface area (Å²) in [7, 11) is 0. The smallest absolute Gasteiger partial charge is 0.146 e. The predicted octanol–water partition coefficient (Wildman–Crippen LogP) is 4.56. The molecule has 2 nitrogen and oxygen atoms in total. The molecule has 3 rings (SSSR count). The minimum Gasteiger partial charge on any atom is -0.299 e. The van der Waals surface area contributed by atoms with Crippen molar-refractivity contribution < 1.29 is 9.59 Å². The summed E-state index contributed by atoms with van der Waals surface area (Å²) in [5.41, 5.74) is -0.522. The molecule has 0 aromatic carbocycles. The Balaban J connectivity index is 1.55. The van der Waals surface area contributed by atoms with E-state index in [9.17, 15) is 9.59 Å². The number of ketones is 2. The van der Waals surface area contributed by atoms with Crippen molar-refractivity contribution >= 4 is 11.6 Å². The van der Waals surface area contributed by atoms with Crippen LogP contribution in [-0.4, -0.2) is 11.6 Å². The van der Waals surface area contributed by atoms with Crippen molar-refractivity contribution in [2.75, 3.05) is 0 Å². The zero-order valence-corrected chi connectivity index (χ0v) is 13.7. The maximum Gasteiger partial charge on any atom is 0.146 e. The number of rotatable bonds is 2. The summed E-state index contributed by atoms with van der Waals surface area (Å²) in [4.78, 5) is 24.3. The lowest BCUT2D eigenvalue weighted by atomic mass is 9.63. The van der Waals surface area contributed by atoms with Gasteiger partial charge in [0, 0.05) is 12.8 Å². The maximum atomic E-state index is 12.1. The Labute approximate surface area is 129 Å². The third-order valence-electron chi connectivity index (χ3n) is 6.96. The first-order valence-electron chi connectivity index (χ1n) is 9.09. The van der Waals surface area contributed by atoms with Crippen LogP contribution < -0.4 is 0 Å². The monoisotopic (exact) mass is 290 g/mol. The number of carbonyl (C=O) groups excluding carboxylic acids is 2. The highest BCUT2D eigenvalue weighted by molar-refractivity contribution is 6.12. The minimum absolute atomic E-state index is 0.259. The van der Waals surface area contributed by atoms with Crippen LogP contribution in [0, 0.1) is 29.1 Å². The third-order valence-corrected chi connectivity index (χ3v) is 6.96. The summed E-state index contributed by atoms with van der Waals surface area (Å²) in [5.74, 6) is 3.92. The normalized spacial score (nSPS) is 34.0. The second-order valence-corrected chi connectivity index (χ2v) is 8.18. The van der Waals surface area contributed by atoms with Crippen molar-refractivity contribution in [2.24, 2.45) is 29.1 Å². The molecule has 118 valence electrons. The fourth-order valence-electron chi connectivity index (χ4n) is 5.31. The van der Waals surface area contributed by atoms with Crippen molar-refractivity contribution in [3.05, 3.63) is 0 Å². The quantitative estimate of drug-likeness (QED) is 0.699. The molecule has 0 N–H and O–H groups in total. The number of hydrogen-bond acceptors (Lipinski definition) is 2. The summed E-state index contributed by atoms with van der Waals surface area (Å²) in [6.45, 7) is 4.71. The van der Waals surface area contributed by atoms with Gasteiger partial charge in [-0.05, 0) is 75.0 Å². The molecule has 2 heteroatoms. The van der Waals surface area contributed by atoms with E-state index >= 15 is 0 Å². The van der Waals surface area contributed by atoms with E-state index in [-0.39, 0.29) is 11.6 Å². The molecule has 0 aromatic heterocycles. The van der Waals surface area contributed by atoms with Crippen LogP contribution in [0.2, 0.25) is 0 Å². The summed E-state index contributed by atoms with van der Waals surface area (Å²) in [5, 5.41) is 0. The molecule has 3 aliphatic carbocycles. The van der Waals surface area contributed by atoms with Crippen LogP contribution in [0.1, 0.15) is 78.1 Å². The molecule has 1 spiro atoms. The first-order chi connectivity index (χ1) is 10.0. The Morgan fingerprint density at radius 2 is 1.29 bits per heavy atom. The lowest BCUT2D eigenvalue weighted by molar-refractivity contribution is -0.138. The van der Waals surface area contributed by atoms with E-state index in [4.69, 9.17) is 0 Å². The molecule has 0 aromatic rings. The van der Waals surface area contributed by atoms with Crippen molar-refractivity contribution in [3.63, 3.8) is 0 Å². The fourth-order valence-corrected chi connectivity index (χ4v) is 5.31. The van der Waals surface area contributed by atoms with Crippen LogP contribution >= 0.6 is 0 Å². The van der Waals surface area contributed by atoms with Gasteiger partial charge in [0.1, 0.15) is 11.6 Å². The molecule has 0 unspecified atom stereocenters. The van der Waals surface area contributed by atoms with Crippen LogP contribution in [0.15, 0.2) is 0 Å². The number of hydrogen-bond donors (Lipinski definition) is 0. The molecule has 0 radical (unpaired) electrons. The Kier molecular flexibility index (Phi) is 4.25. The highest BCUT2D eigenvalue weighted by Crippen LogP contribution is 2.49. The first kappa shape index (κ1) is 15.2. The average molecular weight is 290 g/mol. The Morgan fingerprint density at radius 3 is 1.76 bits per heavy atom. The van der Waals surface area contributed by atoms with Gasteiger partial charge >= 0.3 is 0 Å². The van der Waals surface area contributed by atoms with Gasteiger partial charge < -0.3 is 0 Å². The lowest BCUT2D eigenvalue weighted by Gasteiger charge is -2.41. The molecule has 0 heterocycles. The standard InChI is InChI=1S/C19H30O2/c1-13(2)14-3-5-15(6-4-14)16-9-11-19(12-10-16)17(20)7-8-18(19)21/h13-16H,3-12H2,1-2H3/t14-,15-. The van der Waals surface area contributed by atoms with Gasteiger partial charge in [0.15, 0.2) is 0 Å². The molecular weight excluding hydrogens is 260 g/mol. The van der Waals surface area contributed by atoms with Crippen molar-refractivity contribution in [3.8, 4) is 0 Å². The molecule has 0 amide bonds. The van der Waals surface area contributed by atoms with E-state index in [2.05, 4.69) is 13.8 Å². The zero-order valence-electron chi connectivity index (χ0n) is 13.7. The minimum atomic E-state index is -0.522. The Bertz CT molecular complexity index is 389. The van der Waals surface area contributed by atoms with Crippen LogP contribution in [0.4, 0.5) is 0 Å². The van der Waals surface area contributed by atoms with Crippen molar-refractivity contribution in [1.82, 2.24) is 0 Å². The van der Waals surface area contributed by atoms with E-state index in [0.29, 0.717) is 12.8 Å². The molecule has 21 heavy (non-hydrogen) atoms. The van der Waals surface area contributed by atoms with E-state index in [1.165, 1.54) is 25.7 Å². The first-order valence-corrected chi connectivity index (χ1v) is 9.09. The largest absolute Gasteiger partial charge is 0.299 e. The van der Waals surface area contributed by atoms with Crippen molar-refractivity contribution in [2.45, 2.75) is 78.1 Å². The third kappa shape index (κ3) is 2.71. The molecule has 0 saturated heterocycles.